The Bertz CT molecular complexity index is 923. The molecule has 7 heteroatoms. The number of aromatic nitrogens is 4. The number of rotatable bonds is 5. The molecule has 0 unspecified atom stereocenters. The van der Waals surface area contributed by atoms with Crippen molar-refractivity contribution in [2.45, 2.75) is 32.7 Å². The summed E-state index contributed by atoms with van der Waals surface area (Å²) < 4.78 is 0. The second kappa shape index (κ2) is 7.90. The molecule has 1 amide bonds. The lowest BCUT2D eigenvalue weighted by Crippen LogP contribution is -2.24. The van der Waals surface area contributed by atoms with Gasteiger partial charge in [0.1, 0.15) is 6.54 Å². The van der Waals surface area contributed by atoms with Gasteiger partial charge in [-0.3, -0.25) is 4.79 Å². The molecule has 0 radical (unpaired) electrons. The van der Waals surface area contributed by atoms with Gasteiger partial charge in [0.15, 0.2) is 0 Å². The number of hydrogen-bond donors (Lipinski definition) is 1. The second-order valence-electron chi connectivity index (χ2n) is 7.17. The van der Waals surface area contributed by atoms with Crippen LogP contribution in [0.15, 0.2) is 59.7 Å². The topological polar surface area (TPSA) is 85.1 Å². The summed E-state index contributed by atoms with van der Waals surface area (Å²) in [5, 5.41) is 16.0. The van der Waals surface area contributed by atoms with E-state index in [1.54, 1.807) is 6.21 Å². The van der Waals surface area contributed by atoms with Gasteiger partial charge in [0.2, 0.25) is 5.82 Å². The van der Waals surface area contributed by atoms with E-state index in [1.807, 2.05) is 42.5 Å². The molecule has 7 nitrogen and oxygen atoms in total. The molecule has 0 aliphatic heterocycles. The van der Waals surface area contributed by atoms with Gasteiger partial charge in [-0.05, 0) is 21.8 Å². The highest BCUT2D eigenvalue weighted by Crippen LogP contribution is 2.21. The van der Waals surface area contributed by atoms with Gasteiger partial charge in [0.05, 0.1) is 6.21 Å². The average Bonchev–Trinajstić information content (AvgIpc) is 3.10. The van der Waals surface area contributed by atoms with E-state index in [9.17, 15) is 4.79 Å². The molecule has 0 aliphatic rings. The van der Waals surface area contributed by atoms with Crippen LogP contribution in [-0.2, 0) is 16.8 Å². The Labute approximate surface area is 158 Å². The summed E-state index contributed by atoms with van der Waals surface area (Å²) in [6.07, 6.45) is 1.61. The van der Waals surface area contributed by atoms with Crippen LogP contribution in [0.5, 0.6) is 0 Å². The molecule has 0 atom stereocenters. The third-order valence-electron chi connectivity index (χ3n) is 3.95. The molecule has 1 aromatic heterocycles. The molecule has 0 fully saturated rings. The number of nitrogens with one attached hydrogen (secondary N) is 1. The summed E-state index contributed by atoms with van der Waals surface area (Å²) in [6, 6.07) is 17.5. The minimum absolute atomic E-state index is 0.0554. The van der Waals surface area contributed by atoms with E-state index in [1.165, 1.54) is 10.4 Å². The van der Waals surface area contributed by atoms with Crippen molar-refractivity contribution in [2.75, 3.05) is 0 Å². The quantitative estimate of drug-likeness (QED) is 0.559. The van der Waals surface area contributed by atoms with Crippen molar-refractivity contribution in [1.82, 2.24) is 25.6 Å². The number of hydrazone groups is 1. The summed E-state index contributed by atoms with van der Waals surface area (Å²) in [6.45, 7) is 6.44. The van der Waals surface area contributed by atoms with Crippen molar-refractivity contribution in [1.29, 1.82) is 0 Å². The van der Waals surface area contributed by atoms with Crippen LogP contribution >= 0.6 is 0 Å². The van der Waals surface area contributed by atoms with Crippen molar-refractivity contribution in [3.63, 3.8) is 0 Å². The van der Waals surface area contributed by atoms with E-state index < -0.39 is 0 Å². The lowest BCUT2D eigenvalue weighted by Gasteiger charge is -2.18. The third kappa shape index (κ3) is 5.07. The molecule has 0 saturated carbocycles. The molecule has 3 rings (SSSR count). The standard InChI is InChI=1S/C20H22N6O/c1-20(2,3)17-11-9-15(10-12-17)13-21-22-18(27)14-26-24-19(23-25-26)16-7-5-4-6-8-16/h4-13H,14H2,1-3H3,(H,22,27). The van der Waals surface area contributed by atoms with Crippen LogP contribution in [-0.4, -0.2) is 32.3 Å². The van der Waals surface area contributed by atoms with Crippen LogP contribution in [0.1, 0.15) is 31.9 Å². The van der Waals surface area contributed by atoms with Gasteiger partial charge in [-0.2, -0.15) is 9.90 Å². The van der Waals surface area contributed by atoms with Crippen molar-refractivity contribution in [3.8, 4) is 11.4 Å². The fourth-order valence-electron chi connectivity index (χ4n) is 2.42. The highest BCUT2D eigenvalue weighted by Gasteiger charge is 2.12. The summed E-state index contributed by atoms with van der Waals surface area (Å²) in [7, 11) is 0. The van der Waals surface area contributed by atoms with Gasteiger partial charge < -0.3 is 0 Å². The molecule has 1 heterocycles. The van der Waals surface area contributed by atoms with Gasteiger partial charge in [0, 0.05) is 5.56 Å². The molecule has 1 N–H and O–H groups in total. The van der Waals surface area contributed by atoms with Crippen LogP contribution in [0.3, 0.4) is 0 Å². The first-order valence-electron chi connectivity index (χ1n) is 8.67. The SMILES string of the molecule is CC(C)(C)c1ccc(C=NNC(=O)Cn2nnc(-c3ccccc3)n2)cc1. The summed E-state index contributed by atoms with van der Waals surface area (Å²) >= 11 is 0. The Morgan fingerprint density at radius 2 is 1.81 bits per heavy atom. The number of carbonyl (C=O) groups is 1. The Balaban J connectivity index is 1.54. The van der Waals surface area contributed by atoms with Crippen molar-refractivity contribution >= 4 is 12.1 Å². The van der Waals surface area contributed by atoms with Crippen LogP contribution < -0.4 is 5.43 Å². The van der Waals surface area contributed by atoms with Crippen molar-refractivity contribution in [3.05, 3.63) is 65.7 Å². The molecular weight excluding hydrogens is 340 g/mol. The summed E-state index contributed by atoms with van der Waals surface area (Å²) in [5.74, 6) is 0.153. The Morgan fingerprint density at radius 1 is 1.11 bits per heavy atom. The molecule has 0 spiro atoms. The van der Waals surface area contributed by atoms with Crippen molar-refractivity contribution in [2.24, 2.45) is 5.10 Å². The summed E-state index contributed by atoms with van der Waals surface area (Å²) in [5.41, 5.74) is 5.58. The zero-order valence-electron chi connectivity index (χ0n) is 15.6. The fraction of sp³-hybridized carbons (Fsp3) is 0.250. The largest absolute Gasteiger partial charge is 0.271 e. The molecule has 0 saturated heterocycles. The first-order chi connectivity index (χ1) is 12.9. The highest BCUT2D eigenvalue weighted by molar-refractivity contribution is 5.82. The average molecular weight is 362 g/mol. The fourth-order valence-corrected chi connectivity index (χ4v) is 2.42. The third-order valence-corrected chi connectivity index (χ3v) is 3.95. The number of carbonyl (C=O) groups excluding carboxylic acids is 1. The van der Waals surface area contributed by atoms with Gasteiger partial charge >= 0.3 is 0 Å². The Hall–Kier alpha value is -3.35. The maximum absolute atomic E-state index is 12.0. The normalized spacial score (nSPS) is 11.7. The van der Waals surface area contributed by atoms with Crippen LogP contribution in [0, 0.1) is 0 Å². The Kier molecular flexibility index (Phi) is 5.40. The second-order valence-corrected chi connectivity index (χ2v) is 7.17. The predicted octanol–water partition coefficient (Wildman–Crippen LogP) is 2.79. The molecule has 3 aromatic rings. The van der Waals surface area contributed by atoms with Crippen LogP contribution in [0.25, 0.3) is 11.4 Å². The van der Waals surface area contributed by atoms with Crippen LogP contribution in [0.2, 0.25) is 0 Å². The van der Waals surface area contributed by atoms with Crippen LogP contribution in [0.4, 0.5) is 0 Å². The molecule has 138 valence electrons. The smallest absolute Gasteiger partial charge is 0.263 e. The maximum atomic E-state index is 12.0. The van der Waals surface area contributed by atoms with E-state index in [4.69, 9.17) is 0 Å². The van der Waals surface area contributed by atoms with E-state index in [2.05, 4.69) is 58.8 Å². The molecule has 27 heavy (non-hydrogen) atoms. The monoisotopic (exact) mass is 362 g/mol. The first-order valence-corrected chi connectivity index (χ1v) is 8.67. The minimum Gasteiger partial charge on any atom is -0.271 e. The maximum Gasteiger partial charge on any atom is 0.263 e. The molecule has 0 aliphatic carbocycles. The first kappa shape index (κ1) is 18.4. The number of nitrogens with zero attached hydrogens (tertiary/aromatic N) is 5. The summed E-state index contributed by atoms with van der Waals surface area (Å²) in [4.78, 5) is 13.2. The van der Waals surface area contributed by atoms with E-state index >= 15 is 0 Å². The van der Waals surface area contributed by atoms with Gasteiger partial charge in [-0.1, -0.05) is 75.4 Å². The number of amides is 1. The van der Waals surface area contributed by atoms with E-state index in [0.29, 0.717) is 5.82 Å². The zero-order chi connectivity index (χ0) is 19.3. The van der Waals surface area contributed by atoms with Gasteiger partial charge in [-0.15, -0.1) is 10.2 Å². The molecule has 2 aromatic carbocycles. The Morgan fingerprint density at radius 3 is 2.48 bits per heavy atom. The zero-order valence-corrected chi connectivity index (χ0v) is 15.6. The lowest BCUT2D eigenvalue weighted by atomic mass is 9.87. The van der Waals surface area contributed by atoms with Gasteiger partial charge in [-0.25, -0.2) is 5.43 Å². The number of benzene rings is 2. The lowest BCUT2D eigenvalue weighted by molar-refractivity contribution is -0.122. The molecular formula is C20H22N6O. The minimum atomic E-state index is -0.324. The molecule has 0 bridgehead atoms. The number of tetrazole rings is 1. The van der Waals surface area contributed by atoms with E-state index in [-0.39, 0.29) is 17.9 Å². The van der Waals surface area contributed by atoms with Gasteiger partial charge in [0.25, 0.3) is 5.91 Å². The predicted molar refractivity (Wildman–Crippen MR) is 104 cm³/mol. The van der Waals surface area contributed by atoms with Crippen molar-refractivity contribution < 1.29 is 4.79 Å². The number of hydrogen-bond acceptors (Lipinski definition) is 5. The van der Waals surface area contributed by atoms with E-state index in [0.717, 1.165) is 11.1 Å². The highest BCUT2D eigenvalue weighted by atomic mass is 16.2.